The molecule has 1 rings (SSSR count). The Morgan fingerprint density at radius 2 is 2.00 bits per heavy atom. The van der Waals surface area contributed by atoms with Crippen molar-refractivity contribution in [3.05, 3.63) is 29.8 Å². The number of para-hydroxylation sites is 1. The van der Waals surface area contributed by atoms with Crippen LogP contribution in [0.1, 0.15) is 12.5 Å². The fraction of sp³-hybridized carbons (Fsp3) is 0.500. The average molecular weight is 335 g/mol. The molecule has 0 aliphatic rings. The third-order valence-electron chi connectivity index (χ3n) is 2.55. The summed E-state index contributed by atoms with van der Waals surface area (Å²) in [4.78, 5) is 4.28. The molecule has 0 aliphatic heterocycles. The van der Waals surface area contributed by atoms with Crippen molar-refractivity contribution >= 4 is 17.7 Å². The molecule has 2 N–H and O–H groups in total. The molecule has 0 unspecified atom stereocenters. The van der Waals surface area contributed by atoms with Crippen molar-refractivity contribution in [2.24, 2.45) is 4.99 Å². The fourth-order valence-corrected chi connectivity index (χ4v) is 1.94. The number of rotatable bonds is 7. The maximum absolute atomic E-state index is 12.4. The number of guanidine groups is 1. The second-order valence-electron chi connectivity index (χ2n) is 4.27. The molecule has 0 saturated heterocycles. The van der Waals surface area contributed by atoms with E-state index in [1.165, 1.54) is 12.1 Å². The third kappa shape index (κ3) is 7.44. The number of alkyl halides is 3. The lowest BCUT2D eigenvalue weighted by Gasteiger charge is -2.13. The molecule has 1 aromatic rings. The quantitative estimate of drug-likeness (QED) is 0.457. The van der Waals surface area contributed by atoms with Gasteiger partial charge in [0.15, 0.2) is 5.96 Å². The Hall–Kier alpha value is -1.57. The second kappa shape index (κ2) is 9.45. The number of benzene rings is 1. The Labute approximate surface area is 132 Å². The minimum atomic E-state index is -4.71. The summed E-state index contributed by atoms with van der Waals surface area (Å²) in [5.41, 5.74) is 0.377. The van der Waals surface area contributed by atoms with Crippen molar-refractivity contribution in [1.29, 1.82) is 0 Å². The molecule has 0 aromatic heterocycles. The molecule has 0 heterocycles. The highest BCUT2D eigenvalue weighted by molar-refractivity contribution is 7.98. The van der Waals surface area contributed by atoms with Gasteiger partial charge in [0.2, 0.25) is 0 Å². The van der Waals surface area contributed by atoms with E-state index in [1.807, 2.05) is 13.2 Å². The molecule has 124 valence electrons. The van der Waals surface area contributed by atoms with Gasteiger partial charge in [-0.3, -0.25) is 0 Å². The SMILES string of the molecule is CCNC(=NCc1ccccc1OC(F)(F)F)NCCSC. The first-order valence-corrected chi connectivity index (χ1v) is 8.20. The number of halogens is 3. The van der Waals surface area contributed by atoms with Crippen molar-refractivity contribution in [3.63, 3.8) is 0 Å². The molecule has 0 radical (unpaired) electrons. The van der Waals surface area contributed by atoms with Gasteiger partial charge in [-0.2, -0.15) is 11.8 Å². The van der Waals surface area contributed by atoms with E-state index >= 15 is 0 Å². The lowest BCUT2D eigenvalue weighted by molar-refractivity contribution is -0.274. The van der Waals surface area contributed by atoms with Crippen LogP contribution in [-0.2, 0) is 6.54 Å². The van der Waals surface area contributed by atoms with E-state index in [9.17, 15) is 13.2 Å². The van der Waals surface area contributed by atoms with Crippen LogP contribution in [0.15, 0.2) is 29.3 Å². The lowest BCUT2D eigenvalue weighted by Crippen LogP contribution is -2.38. The summed E-state index contributed by atoms with van der Waals surface area (Å²) >= 11 is 1.69. The molecule has 0 fully saturated rings. The van der Waals surface area contributed by atoms with Gasteiger partial charge >= 0.3 is 6.36 Å². The van der Waals surface area contributed by atoms with Crippen molar-refractivity contribution < 1.29 is 17.9 Å². The Kier molecular flexibility index (Phi) is 7.94. The van der Waals surface area contributed by atoms with Crippen molar-refractivity contribution in [2.75, 3.05) is 25.1 Å². The van der Waals surface area contributed by atoms with Crippen LogP contribution in [0.4, 0.5) is 13.2 Å². The Morgan fingerprint density at radius 3 is 2.64 bits per heavy atom. The topological polar surface area (TPSA) is 45.7 Å². The molecule has 0 spiro atoms. The minimum absolute atomic E-state index is 0.0981. The van der Waals surface area contributed by atoms with Crippen LogP contribution in [0.2, 0.25) is 0 Å². The van der Waals surface area contributed by atoms with E-state index in [4.69, 9.17) is 0 Å². The predicted octanol–water partition coefficient (Wildman–Crippen LogP) is 3.00. The van der Waals surface area contributed by atoms with Gasteiger partial charge in [0.05, 0.1) is 6.54 Å². The zero-order valence-corrected chi connectivity index (χ0v) is 13.4. The van der Waals surface area contributed by atoms with Crippen molar-refractivity contribution in [1.82, 2.24) is 10.6 Å². The van der Waals surface area contributed by atoms with E-state index in [-0.39, 0.29) is 12.3 Å². The molecule has 22 heavy (non-hydrogen) atoms. The molecule has 0 saturated carbocycles. The molecule has 0 aliphatic carbocycles. The summed E-state index contributed by atoms with van der Waals surface area (Å²) in [6, 6.07) is 6.00. The van der Waals surface area contributed by atoms with Crippen molar-refractivity contribution in [3.8, 4) is 5.75 Å². The zero-order chi connectivity index (χ0) is 16.4. The molecule has 1 aromatic carbocycles. The Bertz CT molecular complexity index is 481. The van der Waals surface area contributed by atoms with E-state index in [1.54, 1.807) is 23.9 Å². The van der Waals surface area contributed by atoms with Gasteiger partial charge in [0.1, 0.15) is 5.75 Å². The lowest BCUT2D eigenvalue weighted by atomic mass is 10.2. The first kappa shape index (κ1) is 18.5. The van der Waals surface area contributed by atoms with Gasteiger partial charge in [0, 0.05) is 24.4 Å². The van der Waals surface area contributed by atoms with Crippen LogP contribution in [0.3, 0.4) is 0 Å². The number of nitrogens with one attached hydrogen (secondary N) is 2. The van der Waals surface area contributed by atoms with Crippen LogP contribution in [0.25, 0.3) is 0 Å². The predicted molar refractivity (Wildman–Crippen MR) is 84.3 cm³/mol. The van der Waals surface area contributed by atoms with Gasteiger partial charge in [0.25, 0.3) is 0 Å². The van der Waals surface area contributed by atoms with Gasteiger partial charge in [-0.25, -0.2) is 4.99 Å². The summed E-state index contributed by atoms with van der Waals surface area (Å²) < 4.78 is 41.1. The van der Waals surface area contributed by atoms with E-state index in [0.717, 1.165) is 12.3 Å². The standard InChI is InChI=1S/C14H20F3N3OS/c1-3-18-13(19-8-9-22-2)20-10-11-6-4-5-7-12(11)21-14(15,16)17/h4-7H,3,8-10H2,1-2H3,(H2,18,19,20). The number of thioether (sulfide) groups is 1. The van der Waals surface area contributed by atoms with Crippen LogP contribution in [-0.4, -0.2) is 37.4 Å². The Morgan fingerprint density at radius 1 is 1.27 bits per heavy atom. The summed E-state index contributed by atoms with van der Waals surface area (Å²) in [5, 5.41) is 6.16. The first-order valence-electron chi connectivity index (χ1n) is 6.81. The maximum Gasteiger partial charge on any atom is 0.573 e. The van der Waals surface area contributed by atoms with Crippen molar-refractivity contribution in [2.45, 2.75) is 19.8 Å². The molecular formula is C14H20F3N3OS. The minimum Gasteiger partial charge on any atom is -0.405 e. The summed E-state index contributed by atoms with van der Waals surface area (Å²) in [6.45, 7) is 3.42. The highest BCUT2D eigenvalue weighted by Gasteiger charge is 2.31. The largest absolute Gasteiger partial charge is 0.573 e. The number of hydrogen-bond donors (Lipinski definition) is 2. The molecule has 4 nitrogen and oxygen atoms in total. The molecular weight excluding hydrogens is 315 g/mol. The molecule has 0 amide bonds. The smallest absolute Gasteiger partial charge is 0.405 e. The van der Waals surface area contributed by atoms with E-state index in [2.05, 4.69) is 20.4 Å². The number of hydrogen-bond acceptors (Lipinski definition) is 3. The fourth-order valence-electron chi connectivity index (χ4n) is 1.64. The zero-order valence-electron chi connectivity index (χ0n) is 12.5. The van der Waals surface area contributed by atoms with E-state index in [0.29, 0.717) is 18.1 Å². The van der Waals surface area contributed by atoms with Crippen LogP contribution in [0, 0.1) is 0 Å². The van der Waals surface area contributed by atoms with Crippen LogP contribution < -0.4 is 15.4 Å². The third-order valence-corrected chi connectivity index (χ3v) is 3.16. The van der Waals surface area contributed by atoms with Gasteiger partial charge < -0.3 is 15.4 Å². The highest BCUT2D eigenvalue weighted by atomic mass is 32.2. The normalized spacial score (nSPS) is 12.1. The van der Waals surface area contributed by atoms with Gasteiger partial charge in [-0.15, -0.1) is 13.2 Å². The van der Waals surface area contributed by atoms with E-state index < -0.39 is 6.36 Å². The Balaban J connectivity index is 2.76. The monoisotopic (exact) mass is 335 g/mol. The average Bonchev–Trinajstić information content (AvgIpc) is 2.44. The number of nitrogens with zero attached hydrogens (tertiary/aromatic N) is 1. The van der Waals surface area contributed by atoms with Gasteiger partial charge in [-0.05, 0) is 19.2 Å². The highest BCUT2D eigenvalue weighted by Crippen LogP contribution is 2.26. The van der Waals surface area contributed by atoms with Crippen LogP contribution in [0.5, 0.6) is 5.75 Å². The van der Waals surface area contributed by atoms with Crippen LogP contribution >= 0.6 is 11.8 Å². The summed E-state index contributed by atoms with van der Waals surface area (Å²) in [6.07, 6.45) is -2.71. The maximum atomic E-state index is 12.4. The number of aliphatic imine (C=N–C) groups is 1. The summed E-state index contributed by atoms with van der Waals surface area (Å²) in [7, 11) is 0. The molecule has 8 heteroatoms. The second-order valence-corrected chi connectivity index (χ2v) is 5.26. The van der Waals surface area contributed by atoms with Gasteiger partial charge in [-0.1, -0.05) is 18.2 Å². The molecule has 0 atom stereocenters. The number of ether oxygens (including phenoxy) is 1. The summed E-state index contributed by atoms with van der Waals surface area (Å²) in [5.74, 6) is 1.26. The molecule has 0 bridgehead atoms. The first-order chi connectivity index (χ1) is 10.5.